The maximum atomic E-state index is 5.73. The second-order valence-corrected chi connectivity index (χ2v) is 6.92. The number of halogens is 1. The number of guanidine groups is 1. The van der Waals surface area contributed by atoms with E-state index in [-0.39, 0.29) is 24.0 Å². The minimum absolute atomic E-state index is 0. The third-order valence-corrected chi connectivity index (χ3v) is 4.48. The van der Waals surface area contributed by atoms with Gasteiger partial charge in [-0.05, 0) is 31.5 Å². The van der Waals surface area contributed by atoms with Gasteiger partial charge in [0.2, 0.25) is 0 Å². The van der Waals surface area contributed by atoms with Gasteiger partial charge in [0.1, 0.15) is 5.75 Å². The Bertz CT molecular complexity index is 709. The Labute approximate surface area is 183 Å². The van der Waals surface area contributed by atoms with Gasteiger partial charge in [-0.25, -0.2) is 4.98 Å². The Morgan fingerprint density at radius 2 is 2.19 bits per heavy atom. The number of aliphatic imine (C=N–C) groups is 1. The Hall–Kier alpha value is -1.39. The average molecular weight is 504 g/mol. The summed E-state index contributed by atoms with van der Waals surface area (Å²) in [7, 11) is 3.69. The molecule has 150 valence electrons. The van der Waals surface area contributed by atoms with Crippen LogP contribution in [0.4, 0.5) is 0 Å². The molecule has 2 rings (SSSR count). The van der Waals surface area contributed by atoms with E-state index in [1.54, 1.807) is 18.4 Å². The third-order valence-electron chi connectivity index (χ3n) is 3.66. The van der Waals surface area contributed by atoms with Crippen LogP contribution < -0.4 is 10.1 Å². The van der Waals surface area contributed by atoms with Gasteiger partial charge in [0, 0.05) is 19.0 Å². The predicted molar refractivity (Wildman–Crippen MR) is 122 cm³/mol. The maximum absolute atomic E-state index is 5.73. The summed E-state index contributed by atoms with van der Waals surface area (Å²) in [5.41, 5.74) is 2.16. The van der Waals surface area contributed by atoms with Crippen LogP contribution in [0.1, 0.15) is 23.2 Å². The van der Waals surface area contributed by atoms with Gasteiger partial charge in [0.25, 0.3) is 0 Å². The summed E-state index contributed by atoms with van der Waals surface area (Å²) in [5.74, 6) is 1.71. The largest absolute Gasteiger partial charge is 0.497 e. The highest BCUT2D eigenvalue weighted by molar-refractivity contribution is 14.0. The summed E-state index contributed by atoms with van der Waals surface area (Å²) in [4.78, 5) is 11.2. The van der Waals surface area contributed by atoms with Gasteiger partial charge in [-0.1, -0.05) is 12.1 Å². The van der Waals surface area contributed by atoms with Gasteiger partial charge in [0.15, 0.2) is 5.96 Å². The minimum atomic E-state index is 0. The molecule has 0 aliphatic heterocycles. The molecule has 0 fully saturated rings. The van der Waals surface area contributed by atoms with E-state index in [1.165, 1.54) is 0 Å². The van der Waals surface area contributed by atoms with Crippen LogP contribution in [0.5, 0.6) is 5.75 Å². The van der Waals surface area contributed by atoms with Crippen molar-refractivity contribution in [3.63, 3.8) is 0 Å². The molecule has 0 amide bonds. The van der Waals surface area contributed by atoms with E-state index in [0.29, 0.717) is 19.8 Å². The fraction of sp³-hybridized carbons (Fsp3) is 0.474. The van der Waals surface area contributed by atoms with Crippen LogP contribution in [-0.2, 0) is 17.9 Å². The number of aryl methyl sites for hydroxylation is 1. The molecule has 0 radical (unpaired) electrons. The molecule has 8 heteroatoms. The molecule has 0 saturated heterocycles. The van der Waals surface area contributed by atoms with E-state index in [9.17, 15) is 0 Å². The van der Waals surface area contributed by atoms with Crippen LogP contribution in [0.15, 0.2) is 34.6 Å². The van der Waals surface area contributed by atoms with Crippen LogP contribution in [-0.4, -0.2) is 49.7 Å². The van der Waals surface area contributed by atoms with Crippen LogP contribution in [0.25, 0.3) is 0 Å². The second kappa shape index (κ2) is 12.9. The van der Waals surface area contributed by atoms with Crippen molar-refractivity contribution in [2.45, 2.75) is 27.0 Å². The zero-order chi connectivity index (χ0) is 18.8. The highest BCUT2D eigenvalue weighted by Crippen LogP contribution is 2.13. The van der Waals surface area contributed by atoms with Gasteiger partial charge in [-0.3, -0.25) is 4.99 Å². The van der Waals surface area contributed by atoms with Crippen molar-refractivity contribution in [1.82, 2.24) is 15.2 Å². The number of rotatable bonds is 9. The van der Waals surface area contributed by atoms with E-state index < -0.39 is 0 Å². The minimum Gasteiger partial charge on any atom is -0.497 e. The van der Waals surface area contributed by atoms with Gasteiger partial charge in [-0.15, -0.1) is 35.3 Å². The molecular weight excluding hydrogens is 475 g/mol. The summed E-state index contributed by atoms with van der Waals surface area (Å²) in [5, 5.41) is 6.49. The first kappa shape index (κ1) is 23.6. The molecule has 0 spiro atoms. The monoisotopic (exact) mass is 504 g/mol. The molecule has 1 N–H and O–H groups in total. The third kappa shape index (κ3) is 8.44. The van der Waals surface area contributed by atoms with Crippen molar-refractivity contribution < 1.29 is 9.47 Å². The smallest absolute Gasteiger partial charge is 0.194 e. The standard InChI is InChI=1S/C19H28N4O2S.HI/c1-5-20-19(23(3)12-17-14-26-15(2)22-17)21-9-10-25-13-16-7-6-8-18(11-16)24-4;/h6-8,11,14H,5,9-10,12-13H2,1-4H3,(H,20,21);1H. The molecule has 0 unspecified atom stereocenters. The molecule has 0 aliphatic rings. The number of thiazole rings is 1. The van der Waals surface area contributed by atoms with Gasteiger partial charge >= 0.3 is 0 Å². The molecular formula is C19H29IN4O2S. The first-order valence-electron chi connectivity index (χ1n) is 8.73. The zero-order valence-electron chi connectivity index (χ0n) is 16.4. The fourth-order valence-electron chi connectivity index (χ4n) is 2.44. The Morgan fingerprint density at radius 3 is 2.85 bits per heavy atom. The molecule has 6 nitrogen and oxygen atoms in total. The molecule has 27 heavy (non-hydrogen) atoms. The Kier molecular flexibility index (Phi) is 11.3. The van der Waals surface area contributed by atoms with Gasteiger partial charge < -0.3 is 19.7 Å². The predicted octanol–water partition coefficient (Wildman–Crippen LogP) is 3.69. The topological polar surface area (TPSA) is 59.0 Å². The van der Waals surface area contributed by atoms with Crippen LogP contribution in [0.3, 0.4) is 0 Å². The normalized spacial score (nSPS) is 11.0. The van der Waals surface area contributed by atoms with E-state index >= 15 is 0 Å². The van der Waals surface area contributed by atoms with Crippen molar-refractivity contribution >= 4 is 41.3 Å². The van der Waals surface area contributed by atoms with Crippen molar-refractivity contribution in [2.24, 2.45) is 4.99 Å². The van der Waals surface area contributed by atoms with Gasteiger partial charge in [0.05, 0.1) is 44.1 Å². The lowest BCUT2D eigenvalue weighted by atomic mass is 10.2. The number of ether oxygens (including phenoxy) is 2. The first-order valence-corrected chi connectivity index (χ1v) is 9.61. The second-order valence-electron chi connectivity index (χ2n) is 5.85. The number of benzene rings is 1. The van der Waals surface area contributed by atoms with Crippen molar-refractivity contribution in [1.29, 1.82) is 0 Å². The van der Waals surface area contributed by atoms with E-state index in [2.05, 4.69) is 32.5 Å². The number of aromatic nitrogens is 1. The summed E-state index contributed by atoms with van der Waals surface area (Å²) in [6, 6.07) is 7.90. The SMILES string of the molecule is CCNC(=NCCOCc1cccc(OC)c1)N(C)Cc1csc(C)n1.I. The number of hydrogen-bond donors (Lipinski definition) is 1. The quantitative estimate of drug-likeness (QED) is 0.244. The Balaban J connectivity index is 0.00000364. The molecule has 0 saturated carbocycles. The summed E-state index contributed by atoms with van der Waals surface area (Å²) in [6.45, 7) is 7.37. The maximum Gasteiger partial charge on any atom is 0.194 e. The lowest BCUT2D eigenvalue weighted by Crippen LogP contribution is -2.38. The van der Waals surface area contributed by atoms with Crippen molar-refractivity contribution in [3.05, 3.63) is 45.9 Å². The highest BCUT2D eigenvalue weighted by Gasteiger charge is 2.08. The van der Waals surface area contributed by atoms with Crippen molar-refractivity contribution in [3.8, 4) is 5.75 Å². The molecule has 0 aliphatic carbocycles. The van der Waals surface area contributed by atoms with E-state index in [0.717, 1.165) is 41.1 Å². The molecule has 0 atom stereocenters. The fourth-order valence-corrected chi connectivity index (χ4v) is 3.04. The molecule has 0 bridgehead atoms. The number of nitrogens with zero attached hydrogens (tertiary/aromatic N) is 3. The first-order chi connectivity index (χ1) is 12.6. The molecule has 1 heterocycles. The highest BCUT2D eigenvalue weighted by atomic mass is 127. The lowest BCUT2D eigenvalue weighted by Gasteiger charge is -2.21. The lowest BCUT2D eigenvalue weighted by molar-refractivity contribution is 0.128. The summed E-state index contributed by atoms with van der Waals surface area (Å²) >= 11 is 1.67. The number of methoxy groups -OCH3 is 1. The summed E-state index contributed by atoms with van der Waals surface area (Å²) in [6.07, 6.45) is 0. The Morgan fingerprint density at radius 1 is 1.37 bits per heavy atom. The molecule has 2 aromatic rings. The molecule has 1 aromatic heterocycles. The zero-order valence-corrected chi connectivity index (χ0v) is 19.5. The van der Waals surface area contributed by atoms with Crippen LogP contribution >= 0.6 is 35.3 Å². The van der Waals surface area contributed by atoms with Crippen LogP contribution in [0.2, 0.25) is 0 Å². The summed E-state index contributed by atoms with van der Waals surface area (Å²) < 4.78 is 11.0. The van der Waals surface area contributed by atoms with Crippen molar-refractivity contribution in [2.75, 3.05) is 33.9 Å². The van der Waals surface area contributed by atoms with Gasteiger partial charge in [-0.2, -0.15) is 0 Å². The number of nitrogens with one attached hydrogen (secondary N) is 1. The van der Waals surface area contributed by atoms with Crippen LogP contribution in [0, 0.1) is 6.92 Å². The average Bonchev–Trinajstić information content (AvgIpc) is 3.05. The van der Waals surface area contributed by atoms with E-state index in [1.807, 2.05) is 38.2 Å². The van der Waals surface area contributed by atoms with E-state index in [4.69, 9.17) is 9.47 Å². The molecule has 1 aromatic carbocycles. The number of hydrogen-bond acceptors (Lipinski definition) is 5.